The lowest BCUT2D eigenvalue weighted by molar-refractivity contribution is -0.139. The number of carboxylic acid groups (broad SMARTS) is 1. The van der Waals surface area contributed by atoms with Crippen LogP contribution >= 0.6 is 0 Å². The standard InChI is InChI=1S/C19H16N4O5/c1-23-19(27)14-8-4-3-7-13(14)17(22-23)18(26)21-20-10-12-6-2-5-9-15(12)28-11-16(24)25/h2-10H,11H2,1H3,(H,21,26)(H,24,25). The molecule has 0 atom stereocenters. The Balaban J connectivity index is 1.82. The number of aliphatic carboxylic acids is 1. The van der Waals surface area contributed by atoms with E-state index in [1.165, 1.54) is 13.3 Å². The first-order chi connectivity index (χ1) is 13.5. The molecule has 0 aliphatic carbocycles. The zero-order valence-electron chi connectivity index (χ0n) is 14.8. The third kappa shape index (κ3) is 4.04. The zero-order chi connectivity index (χ0) is 20.1. The van der Waals surface area contributed by atoms with Crippen LogP contribution in [0, 0.1) is 0 Å². The van der Waals surface area contributed by atoms with Crippen molar-refractivity contribution >= 4 is 28.9 Å². The summed E-state index contributed by atoms with van der Waals surface area (Å²) in [5.74, 6) is -1.38. The van der Waals surface area contributed by atoms with Crippen LogP contribution in [0.4, 0.5) is 0 Å². The van der Waals surface area contributed by atoms with Crippen LogP contribution in [0.2, 0.25) is 0 Å². The van der Waals surface area contributed by atoms with E-state index in [9.17, 15) is 14.4 Å². The van der Waals surface area contributed by atoms with E-state index in [-0.39, 0.29) is 11.3 Å². The van der Waals surface area contributed by atoms with Crippen LogP contribution in [0.1, 0.15) is 16.1 Å². The Morgan fingerprint density at radius 2 is 1.86 bits per heavy atom. The van der Waals surface area contributed by atoms with E-state index in [0.717, 1.165) is 4.68 Å². The van der Waals surface area contributed by atoms with Gasteiger partial charge in [-0.15, -0.1) is 0 Å². The van der Waals surface area contributed by atoms with Gasteiger partial charge in [-0.05, 0) is 18.2 Å². The van der Waals surface area contributed by atoms with Gasteiger partial charge in [0, 0.05) is 18.0 Å². The summed E-state index contributed by atoms with van der Waals surface area (Å²) in [6.07, 6.45) is 1.33. The van der Waals surface area contributed by atoms with Gasteiger partial charge in [0.15, 0.2) is 12.3 Å². The highest BCUT2D eigenvalue weighted by atomic mass is 16.5. The molecule has 0 saturated carbocycles. The van der Waals surface area contributed by atoms with E-state index >= 15 is 0 Å². The Labute approximate surface area is 158 Å². The lowest BCUT2D eigenvalue weighted by Crippen LogP contribution is -2.27. The molecule has 0 aliphatic heterocycles. The maximum absolute atomic E-state index is 12.5. The fourth-order valence-electron chi connectivity index (χ4n) is 2.54. The van der Waals surface area contributed by atoms with Gasteiger partial charge in [-0.1, -0.05) is 30.3 Å². The van der Waals surface area contributed by atoms with Crippen LogP contribution in [-0.4, -0.2) is 39.6 Å². The number of ether oxygens (including phenoxy) is 1. The van der Waals surface area contributed by atoms with Crippen LogP contribution in [0.3, 0.4) is 0 Å². The Kier molecular flexibility index (Phi) is 5.45. The molecule has 9 nitrogen and oxygen atoms in total. The first-order valence-electron chi connectivity index (χ1n) is 8.20. The van der Waals surface area contributed by atoms with E-state index in [4.69, 9.17) is 9.84 Å². The summed E-state index contributed by atoms with van der Waals surface area (Å²) in [6, 6.07) is 13.3. The summed E-state index contributed by atoms with van der Waals surface area (Å²) in [5, 5.41) is 17.4. The minimum atomic E-state index is -1.10. The van der Waals surface area contributed by atoms with Crippen molar-refractivity contribution in [1.82, 2.24) is 15.2 Å². The number of para-hydroxylation sites is 1. The van der Waals surface area contributed by atoms with Crippen molar-refractivity contribution < 1.29 is 19.4 Å². The molecule has 1 aromatic heterocycles. The molecular weight excluding hydrogens is 364 g/mol. The molecule has 0 saturated heterocycles. The highest BCUT2D eigenvalue weighted by molar-refractivity contribution is 6.05. The number of aryl methyl sites for hydroxylation is 1. The summed E-state index contributed by atoms with van der Waals surface area (Å²) in [6.45, 7) is -0.495. The molecule has 0 unspecified atom stereocenters. The number of hydrazone groups is 1. The first kappa shape index (κ1) is 18.8. The van der Waals surface area contributed by atoms with Gasteiger partial charge in [-0.25, -0.2) is 14.9 Å². The third-order valence-corrected chi connectivity index (χ3v) is 3.81. The molecule has 2 N–H and O–H groups in total. The molecule has 0 bridgehead atoms. The molecule has 1 heterocycles. The zero-order valence-corrected chi connectivity index (χ0v) is 14.8. The number of amides is 1. The fourth-order valence-corrected chi connectivity index (χ4v) is 2.54. The topological polar surface area (TPSA) is 123 Å². The van der Waals surface area contributed by atoms with Crippen LogP contribution < -0.4 is 15.7 Å². The number of aromatic nitrogens is 2. The summed E-state index contributed by atoms with van der Waals surface area (Å²) in [5.41, 5.74) is 2.60. The second kappa shape index (κ2) is 8.12. The van der Waals surface area contributed by atoms with E-state index in [2.05, 4.69) is 15.6 Å². The Morgan fingerprint density at radius 1 is 1.18 bits per heavy atom. The smallest absolute Gasteiger partial charge is 0.341 e. The van der Waals surface area contributed by atoms with Crippen LogP contribution in [0.5, 0.6) is 5.75 Å². The predicted molar refractivity (Wildman–Crippen MR) is 102 cm³/mol. The summed E-state index contributed by atoms with van der Waals surface area (Å²) in [4.78, 5) is 35.3. The van der Waals surface area contributed by atoms with Crippen LogP contribution in [-0.2, 0) is 11.8 Å². The normalized spacial score (nSPS) is 10.9. The lowest BCUT2D eigenvalue weighted by atomic mass is 10.1. The number of hydrogen-bond acceptors (Lipinski definition) is 6. The van der Waals surface area contributed by atoms with Crippen molar-refractivity contribution in [3.63, 3.8) is 0 Å². The number of nitrogens with zero attached hydrogens (tertiary/aromatic N) is 3. The van der Waals surface area contributed by atoms with E-state index in [1.807, 2.05) is 0 Å². The van der Waals surface area contributed by atoms with Gasteiger partial charge in [0.25, 0.3) is 11.5 Å². The van der Waals surface area contributed by atoms with Crippen molar-refractivity contribution in [2.45, 2.75) is 0 Å². The van der Waals surface area contributed by atoms with Gasteiger partial charge < -0.3 is 9.84 Å². The number of hydrogen-bond donors (Lipinski definition) is 2. The Morgan fingerprint density at radius 3 is 2.61 bits per heavy atom. The molecule has 1 amide bonds. The minimum Gasteiger partial charge on any atom is -0.481 e. The van der Waals surface area contributed by atoms with E-state index in [1.54, 1.807) is 48.5 Å². The number of carbonyl (C=O) groups is 2. The van der Waals surface area contributed by atoms with Gasteiger partial charge in [-0.2, -0.15) is 10.2 Å². The maximum atomic E-state index is 12.5. The highest BCUT2D eigenvalue weighted by Gasteiger charge is 2.15. The van der Waals surface area contributed by atoms with Crippen LogP contribution in [0.25, 0.3) is 10.8 Å². The number of benzene rings is 2. The summed E-state index contributed by atoms with van der Waals surface area (Å²) < 4.78 is 6.27. The number of carboxylic acids is 1. The van der Waals surface area contributed by atoms with E-state index < -0.39 is 18.5 Å². The average Bonchev–Trinajstić information content (AvgIpc) is 2.69. The van der Waals surface area contributed by atoms with Crippen LogP contribution in [0.15, 0.2) is 58.4 Å². The highest BCUT2D eigenvalue weighted by Crippen LogP contribution is 2.16. The summed E-state index contributed by atoms with van der Waals surface area (Å²) >= 11 is 0. The van der Waals surface area contributed by atoms with Gasteiger partial charge in [0.05, 0.1) is 11.6 Å². The predicted octanol–water partition coefficient (Wildman–Crippen LogP) is 1.16. The SMILES string of the molecule is Cn1nc(C(=O)NN=Cc2ccccc2OCC(=O)O)c2ccccc2c1=O. The molecule has 0 fully saturated rings. The van der Waals surface area contributed by atoms with Gasteiger partial charge in [0.2, 0.25) is 0 Å². The quantitative estimate of drug-likeness (QED) is 0.489. The molecule has 9 heteroatoms. The third-order valence-electron chi connectivity index (χ3n) is 3.81. The monoisotopic (exact) mass is 380 g/mol. The Hall–Kier alpha value is -4.01. The van der Waals surface area contributed by atoms with Crippen molar-refractivity contribution in [2.24, 2.45) is 12.1 Å². The molecule has 3 rings (SSSR count). The fraction of sp³-hybridized carbons (Fsp3) is 0.105. The number of rotatable bonds is 6. The number of carbonyl (C=O) groups excluding carboxylic acids is 1. The number of fused-ring (bicyclic) bond motifs is 1. The van der Waals surface area contributed by atoms with Crippen molar-refractivity contribution in [3.8, 4) is 5.75 Å². The van der Waals surface area contributed by atoms with Crippen molar-refractivity contribution in [3.05, 3.63) is 70.1 Å². The maximum Gasteiger partial charge on any atom is 0.341 e. The van der Waals surface area contributed by atoms with Gasteiger partial charge in [0.1, 0.15) is 5.75 Å². The van der Waals surface area contributed by atoms with Crippen molar-refractivity contribution in [1.29, 1.82) is 0 Å². The minimum absolute atomic E-state index is 0.0604. The first-order valence-corrected chi connectivity index (χ1v) is 8.20. The number of nitrogens with one attached hydrogen (secondary N) is 1. The van der Waals surface area contributed by atoms with Crippen molar-refractivity contribution in [2.75, 3.05) is 6.61 Å². The van der Waals surface area contributed by atoms with E-state index in [0.29, 0.717) is 22.1 Å². The molecule has 3 aromatic rings. The molecule has 2 aromatic carbocycles. The van der Waals surface area contributed by atoms with Gasteiger partial charge >= 0.3 is 5.97 Å². The Bertz CT molecular complexity index is 1140. The lowest BCUT2D eigenvalue weighted by Gasteiger charge is -2.07. The second-order valence-electron chi connectivity index (χ2n) is 5.74. The molecule has 28 heavy (non-hydrogen) atoms. The molecule has 142 valence electrons. The molecule has 0 aliphatic rings. The average molecular weight is 380 g/mol. The second-order valence-corrected chi connectivity index (χ2v) is 5.74. The van der Waals surface area contributed by atoms with Gasteiger partial charge in [-0.3, -0.25) is 9.59 Å². The summed E-state index contributed by atoms with van der Waals surface area (Å²) in [7, 11) is 1.46. The molecule has 0 spiro atoms. The molecule has 0 radical (unpaired) electrons. The molecular formula is C19H16N4O5. The largest absolute Gasteiger partial charge is 0.481 e.